The van der Waals surface area contributed by atoms with Crippen LogP contribution in [-0.4, -0.2) is 329 Å². The number of nitrogens with one attached hydrogen (secondary N) is 1. The molecular formula is C43H73F3N2O30. The van der Waals surface area contributed by atoms with Crippen LogP contribution in [0.15, 0.2) is 0 Å². The lowest BCUT2D eigenvalue weighted by atomic mass is 9.94. The van der Waals surface area contributed by atoms with Crippen LogP contribution in [0.5, 0.6) is 0 Å². The number of carbonyl (C=O) groups excluding carboxylic acids is 1. The highest BCUT2D eigenvalue weighted by Crippen LogP contribution is 2.38. The molecule has 32 nitrogen and oxygen atoms in total. The van der Waals surface area contributed by atoms with Gasteiger partial charge in [-0.3, -0.25) is 4.79 Å². The van der Waals surface area contributed by atoms with E-state index in [0.29, 0.717) is 25.8 Å². The topological polar surface area (TPSA) is 510 Å². The van der Waals surface area contributed by atoms with Crippen LogP contribution in [0.4, 0.5) is 13.2 Å². The predicted octanol–water partition coefficient (Wildman–Crippen LogP) is -11.2. The van der Waals surface area contributed by atoms with Crippen molar-refractivity contribution >= 4 is 5.91 Å². The highest BCUT2D eigenvalue weighted by Gasteiger charge is 2.59. The van der Waals surface area contributed by atoms with Crippen molar-refractivity contribution in [3.63, 3.8) is 0 Å². The second kappa shape index (κ2) is 28.6. The molecule has 0 aromatic rings. The molecule has 6 saturated heterocycles. The van der Waals surface area contributed by atoms with Gasteiger partial charge in [0, 0.05) is 6.61 Å². The molecule has 78 heavy (non-hydrogen) atoms. The number of nitrogens with two attached hydrogens (primary N) is 1. The standard InChI is InChI=1S/C43H73F3N2O30/c1-12-19(54)23(58)27(62)38(68-12)78-35-24(59)20(55)13(7-49)71-41(35)76-33-18(48-42(66)43(44,45)46)36(69-14(8-50)21(33)56)77-34-22(57)15(9-51)70-40(30(34)65)75-32-17(11-53)73-39(29(64)26(32)61)74-31-16(10-52)72-37(28(63)25(31)60)67-6-4-2-3-5-47/h12-41,49-65H,2-11,47H2,1H3,(H,48,66)/t12-,13+,14+,15+,16+,17+,18+,19+,20-,21-,22-,23+,24-,25+,26+,27-,28+,29+,30+,31+,32-,33+,34-,35+,36-,37+,38-,39-,40+,41-/m0/s1. The van der Waals surface area contributed by atoms with Crippen molar-refractivity contribution in [2.24, 2.45) is 5.73 Å². The minimum Gasteiger partial charge on any atom is -0.394 e. The maximum absolute atomic E-state index is 14.1. The van der Waals surface area contributed by atoms with Gasteiger partial charge in [0.15, 0.2) is 37.7 Å². The Morgan fingerprint density at radius 2 is 0.846 bits per heavy atom. The van der Waals surface area contributed by atoms with Crippen molar-refractivity contribution in [2.45, 2.75) is 217 Å². The number of rotatable bonds is 22. The first-order valence-electron chi connectivity index (χ1n) is 25.0. The highest BCUT2D eigenvalue weighted by atomic mass is 19.4. The molecule has 6 rings (SSSR count). The Hall–Kier alpha value is -1.94. The van der Waals surface area contributed by atoms with E-state index in [1.165, 1.54) is 12.2 Å². The minimum absolute atomic E-state index is 0.0728. The first kappa shape index (κ1) is 65.2. The van der Waals surface area contributed by atoms with Crippen LogP contribution in [0.1, 0.15) is 26.2 Å². The molecule has 6 heterocycles. The molecule has 1 amide bonds. The quantitative estimate of drug-likeness (QED) is 0.0448. The van der Waals surface area contributed by atoms with Gasteiger partial charge in [0.2, 0.25) is 0 Å². The van der Waals surface area contributed by atoms with Crippen LogP contribution in [0.2, 0.25) is 0 Å². The van der Waals surface area contributed by atoms with Gasteiger partial charge in [0.1, 0.15) is 140 Å². The molecule has 0 saturated carbocycles. The summed E-state index contributed by atoms with van der Waals surface area (Å²) in [5, 5.41) is 185. The lowest BCUT2D eigenvalue weighted by Crippen LogP contribution is -2.71. The Balaban J connectivity index is 1.23. The van der Waals surface area contributed by atoms with Gasteiger partial charge in [0.05, 0.1) is 39.1 Å². The van der Waals surface area contributed by atoms with Crippen LogP contribution in [0, 0.1) is 0 Å². The zero-order valence-corrected chi connectivity index (χ0v) is 41.5. The van der Waals surface area contributed by atoms with E-state index in [-0.39, 0.29) is 6.61 Å². The second-order valence-corrected chi connectivity index (χ2v) is 19.4. The number of amides is 1. The summed E-state index contributed by atoms with van der Waals surface area (Å²) in [4.78, 5) is 12.7. The Kier molecular flexibility index (Phi) is 23.9. The molecule has 0 bridgehead atoms. The van der Waals surface area contributed by atoms with Crippen LogP contribution in [0.25, 0.3) is 0 Å². The molecule has 20 N–H and O–H groups in total. The van der Waals surface area contributed by atoms with Gasteiger partial charge in [-0.1, -0.05) is 0 Å². The summed E-state index contributed by atoms with van der Waals surface area (Å²) in [7, 11) is 0. The molecule has 6 aliphatic rings. The first-order chi connectivity index (χ1) is 36.9. The van der Waals surface area contributed by atoms with E-state index < -0.39 is 229 Å². The molecule has 0 aromatic carbocycles. The van der Waals surface area contributed by atoms with Crippen LogP contribution >= 0.6 is 0 Å². The molecule has 35 heteroatoms. The summed E-state index contributed by atoms with van der Waals surface area (Å²) < 4.78 is 110. The number of hydrogen-bond donors (Lipinski definition) is 19. The summed E-state index contributed by atoms with van der Waals surface area (Å²) in [6, 6.07) is -2.54. The van der Waals surface area contributed by atoms with Gasteiger partial charge in [0.25, 0.3) is 0 Å². The highest BCUT2D eigenvalue weighted by molar-refractivity contribution is 5.82. The maximum atomic E-state index is 14.1. The lowest BCUT2D eigenvalue weighted by Gasteiger charge is -2.51. The molecule has 0 aliphatic carbocycles. The fourth-order valence-corrected chi connectivity index (χ4v) is 9.58. The number of halogens is 3. The summed E-state index contributed by atoms with van der Waals surface area (Å²) in [5.41, 5.74) is 5.49. The third-order valence-corrected chi connectivity index (χ3v) is 14.1. The van der Waals surface area contributed by atoms with E-state index >= 15 is 0 Å². The van der Waals surface area contributed by atoms with Gasteiger partial charge in [-0.15, -0.1) is 0 Å². The van der Waals surface area contributed by atoms with Crippen LogP contribution < -0.4 is 11.1 Å². The van der Waals surface area contributed by atoms with Gasteiger partial charge in [-0.25, -0.2) is 0 Å². The summed E-state index contributed by atoms with van der Waals surface area (Å²) >= 11 is 0. The smallest absolute Gasteiger partial charge is 0.394 e. The monoisotopic (exact) mass is 1150 g/mol. The Morgan fingerprint density at radius 3 is 1.40 bits per heavy atom. The van der Waals surface area contributed by atoms with Gasteiger partial charge in [-0.2, -0.15) is 13.2 Å². The third-order valence-electron chi connectivity index (χ3n) is 14.1. The molecule has 0 spiro atoms. The Bertz CT molecular complexity index is 1830. The van der Waals surface area contributed by atoms with E-state index in [0.717, 1.165) is 0 Å². The number of ether oxygens (including phenoxy) is 12. The molecule has 30 atom stereocenters. The average molecular weight is 1160 g/mol. The lowest BCUT2D eigenvalue weighted by molar-refractivity contribution is -0.393. The van der Waals surface area contributed by atoms with Gasteiger partial charge < -0.3 is 155 Å². The van der Waals surface area contributed by atoms with E-state index in [1.807, 2.05) is 0 Å². The number of aliphatic hydroxyl groups is 17. The largest absolute Gasteiger partial charge is 0.471 e. The van der Waals surface area contributed by atoms with E-state index in [1.54, 1.807) is 0 Å². The molecule has 6 aliphatic heterocycles. The van der Waals surface area contributed by atoms with Crippen molar-refractivity contribution in [3.8, 4) is 0 Å². The SMILES string of the molecule is C[C@@H]1O[C@@H](O[C@H]2[C@H](O[C@H]3[C@@H](O)[C@@H](CO)O[C@@H](O[C@H]4[C@@H](O)[C@@H](CO)O[C@H](O[C@@H]5[C@H](O)[C@@H](O)[C@H](O[C@H]6[C@H](O)[C@@H](O)[C@H](OCCCCCN)O[C@@H]6CO)O[C@@H]5CO)[C@@H]4O)[C@@H]3NC(=O)C(F)(F)F)O[C@H](CO)[C@H](O)[C@@H]2O)[C@@H](O)[C@H](O)[C@@H]1O. The fourth-order valence-electron chi connectivity index (χ4n) is 9.58. The normalized spacial score (nSPS) is 47.7. The van der Waals surface area contributed by atoms with Crippen LogP contribution in [0.3, 0.4) is 0 Å². The molecule has 0 unspecified atom stereocenters. The molecular weight excluding hydrogens is 1080 g/mol. The number of alkyl halides is 3. The Morgan fingerprint density at radius 1 is 0.436 bits per heavy atom. The first-order valence-corrected chi connectivity index (χ1v) is 25.0. The van der Waals surface area contributed by atoms with Crippen LogP contribution in [-0.2, 0) is 61.6 Å². The molecule has 6 fully saturated rings. The molecule has 0 radical (unpaired) electrons. The van der Waals surface area contributed by atoms with Crippen molar-refractivity contribution in [2.75, 3.05) is 46.2 Å². The number of hydrogen-bond acceptors (Lipinski definition) is 31. The summed E-state index contributed by atoms with van der Waals surface area (Å²) in [6.07, 6.45) is -62.4. The number of aliphatic hydroxyl groups excluding tert-OH is 17. The maximum Gasteiger partial charge on any atom is 0.471 e. The fraction of sp³-hybridized carbons (Fsp3) is 0.977. The second-order valence-electron chi connectivity index (χ2n) is 19.4. The van der Waals surface area contributed by atoms with Crippen molar-refractivity contribution in [1.29, 1.82) is 0 Å². The summed E-state index contributed by atoms with van der Waals surface area (Å²) in [6.45, 7) is -3.71. The van der Waals surface area contributed by atoms with Crippen molar-refractivity contribution in [3.05, 3.63) is 0 Å². The average Bonchev–Trinajstić information content (AvgIpc) is 3.46. The Labute approximate surface area is 440 Å². The number of carbonyl (C=O) groups is 1. The van der Waals surface area contributed by atoms with Gasteiger partial charge in [-0.05, 0) is 32.7 Å². The minimum atomic E-state index is -5.74. The zero-order chi connectivity index (χ0) is 57.7. The predicted molar refractivity (Wildman–Crippen MR) is 236 cm³/mol. The number of unbranched alkanes of at least 4 members (excludes halogenated alkanes) is 2. The third kappa shape index (κ3) is 14.5. The van der Waals surface area contributed by atoms with E-state index in [9.17, 15) is 105 Å². The van der Waals surface area contributed by atoms with E-state index in [4.69, 9.17) is 62.6 Å². The van der Waals surface area contributed by atoms with Gasteiger partial charge >= 0.3 is 12.1 Å². The van der Waals surface area contributed by atoms with Crippen molar-refractivity contribution in [1.82, 2.24) is 5.32 Å². The zero-order valence-electron chi connectivity index (χ0n) is 41.5. The molecule has 0 aromatic heterocycles. The van der Waals surface area contributed by atoms with Crippen molar-refractivity contribution < 1.29 is 162 Å². The summed E-state index contributed by atoms with van der Waals surface area (Å²) in [5.74, 6) is -2.78. The molecule has 456 valence electrons. The van der Waals surface area contributed by atoms with E-state index in [2.05, 4.69) is 0 Å².